The number of fused-ring (bicyclic) bond motifs is 1. The molecule has 2 aromatic heterocycles. The standard InChI is InChI=1S/C24H26N4O2/c1-5-26-23(29)21-22(25-15-27(21)17(4)19-9-7-6-8-10-19)28(24(26)30)20-13-11-18(12-14-20)16(2)3/h6-17H,5H2,1-4H3. The zero-order chi connectivity index (χ0) is 21.4. The lowest BCUT2D eigenvalue weighted by atomic mass is 10.0. The first-order valence-electron chi connectivity index (χ1n) is 10.3. The van der Waals surface area contributed by atoms with E-state index in [1.165, 1.54) is 10.1 Å². The van der Waals surface area contributed by atoms with Crippen molar-refractivity contribution in [1.82, 2.24) is 18.7 Å². The van der Waals surface area contributed by atoms with Gasteiger partial charge in [0.15, 0.2) is 11.2 Å². The lowest BCUT2D eigenvalue weighted by Crippen LogP contribution is -2.39. The number of nitrogens with zero attached hydrogens (tertiary/aromatic N) is 4. The molecule has 0 fully saturated rings. The fourth-order valence-corrected chi connectivity index (χ4v) is 3.85. The molecule has 2 heterocycles. The first-order valence-corrected chi connectivity index (χ1v) is 10.3. The highest BCUT2D eigenvalue weighted by Gasteiger charge is 2.21. The molecule has 6 heteroatoms. The summed E-state index contributed by atoms with van der Waals surface area (Å²) in [6, 6.07) is 17.7. The summed E-state index contributed by atoms with van der Waals surface area (Å²) in [6.07, 6.45) is 1.65. The average Bonchev–Trinajstić information content (AvgIpc) is 3.19. The van der Waals surface area contributed by atoms with E-state index in [1.807, 2.05) is 73.0 Å². The summed E-state index contributed by atoms with van der Waals surface area (Å²) in [7, 11) is 0. The summed E-state index contributed by atoms with van der Waals surface area (Å²) >= 11 is 0. The Bertz CT molecular complexity index is 1300. The Morgan fingerprint density at radius 3 is 2.17 bits per heavy atom. The van der Waals surface area contributed by atoms with E-state index in [1.54, 1.807) is 10.9 Å². The zero-order valence-corrected chi connectivity index (χ0v) is 17.7. The third-order valence-corrected chi connectivity index (χ3v) is 5.69. The van der Waals surface area contributed by atoms with Gasteiger partial charge in [0.1, 0.15) is 0 Å². The Hall–Kier alpha value is -3.41. The highest BCUT2D eigenvalue weighted by Crippen LogP contribution is 2.23. The highest BCUT2D eigenvalue weighted by molar-refractivity contribution is 5.73. The van der Waals surface area contributed by atoms with Crippen LogP contribution in [-0.2, 0) is 6.54 Å². The molecule has 1 atom stereocenters. The van der Waals surface area contributed by atoms with Crippen molar-refractivity contribution in [3.05, 3.63) is 92.9 Å². The largest absolute Gasteiger partial charge is 0.337 e. The minimum absolute atomic E-state index is 0.0940. The number of hydrogen-bond donors (Lipinski definition) is 0. The van der Waals surface area contributed by atoms with Gasteiger partial charge in [0.05, 0.1) is 18.1 Å². The van der Waals surface area contributed by atoms with Gasteiger partial charge in [-0.15, -0.1) is 0 Å². The molecule has 0 amide bonds. The monoisotopic (exact) mass is 402 g/mol. The second-order valence-electron chi connectivity index (χ2n) is 7.82. The molecular weight excluding hydrogens is 376 g/mol. The molecule has 0 saturated carbocycles. The van der Waals surface area contributed by atoms with Crippen molar-refractivity contribution in [2.75, 3.05) is 0 Å². The van der Waals surface area contributed by atoms with Crippen molar-refractivity contribution in [2.45, 2.75) is 46.2 Å². The number of imidazole rings is 1. The Morgan fingerprint density at radius 1 is 0.900 bits per heavy atom. The SMILES string of the molecule is CCn1c(=O)c2c(ncn2C(C)c2ccccc2)n(-c2ccc(C(C)C)cc2)c1=O. The smallest absolute Gasteiger partial charge is 0.317 e. The van der Waals surface area contributed by atoms with E-state index in [2.05, 4.69) is 18.8 Å². The first kappa shape index (κ1) is 19.9. The van der Waals surface area contributed by atoms with E-state index in [-0.39, 0.29) is 17.3 Å². The van der Waals surface area contributed by atoms with Crippen LogP contribution in [0.25, 0.3) is 16.9 Å². The predicted octanol–water partition coefficient (Wildman–Crippen LogP) is 4.10. The summed E-state index contributed by atoms with van der Waals surface area (Å²) in [6.45, 7) is 8.39. The first-order chi connectivity index (χ1) is 14.4. The molecule has 0 N–H and O–H groups in total. The molecule has 0 bridgehead atoms. The predicted molar refractivity (Wildman–Crippen MR) is 120 cm³/mol. The Morgan fingerprint density at radius 2 is 1.57 bits per heavy atom. The molecule has 30 heavy (non-hydrogen) atoms. The molecule has 4 aromatic rings. The van der Waals surface area contributed by atoms with Crippen LogP contribution in [0.3, 0.4) is 0 Å². The van der Waals surface area contributed by atoms with Gasteiger partial charge in [-0.2, -0.15) is 0 Å². The lowest BCUT2D eigenvalue weighted by Gasteiger charge is -2.16. The molecule has 0 spiro atoms. The molecule has 4 rings (SSSR count). The van der Waals surface area contributed by atoms with Gasteiger partial charge >= 0.3 is 5.69 Å². The number of rotatable bonds is 5. The normalized spacial score (nSPS) is 12.6. The molecule has 6 nitrogen and oxygen atoms in total. The topological polar surface area (TPSA) is 61.8 Å². The third-order valence-electron chi connectivity index (χ3n) is 5.69. The lowest BCUT2D eigenvalue weighted by molar-refractivity contribution is 0.631. The van der Waals surface area contributed by atoms with E-state index in [9.17, 15) is 9.59 Å². The van der Waals surface area contributed by atoms with Crippen LogP contribution in [0, 0.1) is 0 Å². The van der Waals surface area contributed by atoms with Crippen LogP contribution < -0.4 is 11.2 Å². The van der Waals surface area contributed by atoms with Crippen molar-refractivity contribution >= 4 is 11.2 Å². The molecule has 0 saturated heterocycles. The van der Waals surface area contributed by atoms with E-state index < -0.39 is 0 Å². The zero-order valence-electron chi connectivity index (χ0n) is 17.7. The fourth-order valence-electron chi connectivity index (χ4n) is 3.85. The van der Waals surface area contributed by atoms with Crippen LogP contribution in [-0.4, -0.2) is 18.7 Å². The Kier molecular flexibility index (Phi) is 5.16. The quantitative estimate of drug-likeness (QED) is 0.505. The van der Waals surface area contributed by atoms with Gasteiger partial charge in [-0.3, -0.25) is 9.36 Å². The van der Waals surface area contributed by atoms with E-state index in [0.717, 1.165) is 5.56 Å². The van der Waals surface area contributed by atoms with Gasteiger partial charge < -0.3 is 4.57 Å². The van der Waals surface area contributed by atoms with Gasteiger partial charge in [-0.25, -0.2) is 14.3 Å². The van der Waals surface area contributed by atoms with E-state index in [4.69, 9.17) is 0 Å². The van der Waals surface area contributed by atoms with Gasteiger partial charge in [-0.05, 0) is 43.0 Å². The maximum absolute atomic E-state index is 13.2. The average molecular weight is 402 g/mol. The molecular formula is C24H26N4O2. The minimum atomic E-state index is -0.370. The molecule has 0 radical (unpaired) electrons. The van der Waals surface area contributed by atoms with E-state index in [0.29, 0.717) is 29.3 Å². The molecule has 2 aromatic carbocycles. The van der Waals surface area contributed by atoms with Crippen molar-refractivity contribution in [3.63, 3.8) is 0 Å². The fraction of sp³-hybridized carbons (Fsp3) is 0.292. The van der Waals surface area contributed by atoms with Gasteiger partial charge in [0, 0.05) is 6.54 Å². The van der Waals surface area contributed by atoms with Gasteiger partial charge in [0.25, 0.3) is 5.56 Å². The van der Waals surface area contributed by atoms with Crippen molar-refractivity contribution in [1.29, 1.82) is 0 Å². The molecule has 0 aliphatic rings. The van der Waals surface area contributed by atoms with Gasteiger partial charge in [0.2, 0.25) is 0 Å². The van der Waals surface area contributed by atoms with Crippen LogP contribution in [0.2, 0.25) is 0 Å². The second-order valence-corrected chi connectivity index (χ2v) is 7.82. The summed E-state index contributed by atoms with van der Waals surface area (Å²) in [4.78, 5) is 30.9. The second kappa shape index (κ2) is 7.78. The third kappa shape index (κ3) is 3.18. The number of benzene rings is 2. The van der Waals surface area contributed by atoms with Crippen LogP contribution in [0.15, 0.2) is 70.5 Å². The Balaban J connectivity index is 1.99. The number of hydrogen-bond acceptors (Lipinski definition) is 3. The molecule has 1 unspecified atom stereocenters. The van der Waals surface area contributed by atoms with E-state index >= 15 is 0 Å². The summed E-state index contributed by atoms with van der Waals surface area (Å²) in [5.74, 6) is 0.395. The van der Waals surface area contributed by atoms with Crippen LogP contribution >= 0.6 is 0 Å². The summed E-state index contributed by atoms with van der Waals surface area (Å²) < 4.78 is 4.67. The van der Waals surface area contributed by atoms with Crippen LogP contribution in [0.5, 0.6) is 0 Å². The van der Waals surface area contributed by atoms with Crippen LogP contribution in [0.4, 0.5) is 0 Å². The summed E-state index contributed by atoms with van der Waals surface area (Å²) in [5, 5.41) is 0. The van der Waals surface area contributed by atoms with Crippen LogP contribution in [0.1, 0.15) is 50.8 Å². The molecule has 0 aliphatic heterocycles. The molecule has 154 valence electrons. The summed E-state index contributed by atoms with van der Waals surface area (Å²) in [5.41, 5.74) is 3.09. The minimum Gasteiger partial charge on any atom is -0.317 e. The molecule has 0 aliphatic carbocycles. The van der Waals surface area contributed by atoms with Crippen molar-refractivity contribution in [3.8, 4) is 5.69 Å². The van der Waals surface area contributed by atoms with Crippen molar-refractivity contribution < 1.29 is 0 Å². The Labute approximate surface area is 175 Å². The van der Waals surface area contributed by atoms with Crippen molar-refractivity contribution in [2.24, 2.45) is 0 Å². The highest BCUT2D eigenvalue weighted by atomic mass is 16.2. The number of aromatic nitrogens is 4. The maximum atomic E-state index is 13.2. The van der Waals surface area contributed by atoms with Gasteiger partial charge in [-0.1, -0.05) is 56.3 Å². The maximum Gasteiger partial charge on any atom is 0.337 e.